The molecule has 0 saturated heterocycles. The Hall–Kier alpha value is -2.60. The van der Waals surface area contributed by atoms with Gasteiger partial charge in [0, 0.05) is 30.5 Å². The van der Waals surface area contributed by atoms with Crippen LogP contribution < -0.4 is 9.62 Å². The van der Waals surface area contributed by atoms with Gasteiger partial charge in [-0.15, -0.1) is 0 Å². The second-order valence-corrected chi connectivity index (χ2v) is 11.0. The van der Waals surface area contributed by atoms with Crippen molar-refractivity contribution in [3.05, 3.63) is 64.1 Å². The van der Waals surface area contributed by atoms with Crippen LogP contribution in [-0.4, -0.2) is 50.5 Å². The summed E-state index contributed by atoms with van der Waals surface area (Å²) in [5, 5.41) is 2.69. The summed E-state index contributed by atoms with van der Waals surface area (Å²) < 4.78 is 65.7. The summed E-state index contributed by atoms with van der Waals surface area (Å²) in [5.74, 6) is -0.709. The van der Waals surface area contributed by atoms with Gasteiger partial charge in [-0.25, -0.2) is 8.42 Å². The van der Waals surface area contributed by atoms with Crippen molar-refractivity contribution >= 4 is 43.5 Å². The van der Waals surface area contributed by atoms with Crippen LogP contribution in [0.2, 0.25) is 0 Å². The number of likely N-dealkylation sites (N-methyl/N-ethyl adjacent to an activating group) is 1. The van der Waals surface area contributed by atoms with Crippen molar-refractivity contribution in [2.24, 2.45) is 0 Å². The number of amides is 2. The summed E-state index contributed by atoms with van der Waals surface area (Å²) in [4.78, 5) is 27.0. The average Bonchev–Trinajstić information content (AvgIpc) is 2.79. The van der Waals surface area contributed by atoms with Crippen LogP contribution in [0.4, 0.5) is 18.9 Å². The fourth-order valence-electron chi connectivity index (χ4n) is 3.53. The van der Waals surface area contributed by atoms with E-state index >= 15 is 0 Å². The Morgan fingerprint density at radius 2 is 1.75 bits per heavy atom. The summed E-state index contributed by atoms with van der Waals surface area (Å²) in [7, 11) is -3.92. The molecule has 2 rings (SSSR count). The number of benzene rings is 2. The van der Waals surface area contributed by atoms with Gasteiger partial charge >= 0.3 is 6.18 Å². The van der Waals surface area contributed by atoms with Gasteiger partial charge in [0.05, 0.1) is 17.5 Å². The first-order valence-electron chi connectivity index (χ1n) is 11.2. The van der Waals surface area contributed by atoms with E-state index < -0.39 is 27.8 Å². The van der Waals surface area contributed by atoms with E-state index in [1.165, 1.54) is 11.0 Å². The topological polar surface area (TPSA) is 86.8 Å². The van der Waals surface area contributed by atoms with Gasteiger partial charge in [0.2, 0.25) is 21.8 Å². The summed E-state index contributed by atoms with van der Waals surface area (Å²) in [6, 6.07) is 10.5. The van der Waals surface area contributed by atoms with E-state index in [2.05, 4.69) is 21.2 Å². The molecule has 0 aliphatic carbocycles. The van der Waals surface area contributed by atoms with Crippen LogP contribution in [0.1, 0.15) is 37.8 Å². The third-order valence-electron chi connectivity index (χ3n) is 5.40. The number of anilines is 1. The minimum absolute atomic E-state index is 0.0428. The lowest BCUT2D eigenvalue weighted by Gasteiger charge is -2.29. The fourth-order valence-corrected chi connectivity index (χ4v) is 4.75. The van der Waals surface area contributed by atoms with Crippen LogP contribution in [-0.2, 0) is 32.3 Å². The highest BCUT2D eigenvalue weighted by molar-refractivity contribution is 9.10. The first kappa shape index (κ1) is 29.6. The number of nitrogens with one attached hydrogen (secondary N) is 1. The quantitative estimate of drug-likeness (QED) is 0.415. The van der Waals surface area contributed by atoms with E-state index in [-0.39, 0.29) is 43.4 Å². The van der Waals surface area contributed by atoms with Gasteiger partial charge in [-0.05, 0) is 56.2 Å². The zero-order valence-corrected chi connectivity index (χ0v) is 22.6. The molecular formula is C24H29BrF3N3O4S. The third kappa shape index (κ3) is 8.51. The van der Waals surface area contributed by atoms with Crippen LogP contribution in [0.25, 0.3) is 0 Å². The Morgan fingerprint density at radius 3 is 2.31 bits per heavy atom. The van der Waals surface area contributed by atoms with Gasteiger partial charge in [-0.3, -0.25) is 13.9 Å². The number of carbonyl (C=O) groups is 2. The molecule has 0 spiro atoms. The van der Waals surface area contributed by atoms with Gasteiger partial charge in [-0.2, -0.15) is 13.2 Å². The highest BCUT2D eigenvalue weighted by Gasteiger charge is 2.32. The van der Waals surface area contributed by atoms with Crippen LogP contribution in [0.3, 0.4) is 0 Å². The Morgan fingerprint density at radius 1 is 1.11 bits per heavy atom. The van der Waals surface area contributed by atoms with Crippen molar-refractivity contribution in [1.82, 2.24) is 10.2 Å². The Labute approximate surface area is 217 Å². The van der Waals surface area contributed by atoms with Crippen molar-refractivity contribution in [2.45, 2.75) is 45.5 Å². The first-order valence-corrected chi connectivity index (χ1v) is 13.8. The van der Waals surface area contributed by atoms with Crippen molar-refractivity contribution in [3.63, 3.8) is 0 Å². The predicted octanol–water partition coefficient (Wildman–Crippen LogP) is 4.57. The molecule has 0 radical (unpaired) electrons. The molecule has 12 heteroatoms. The van der Waals surface area contributed by atoms with E-state index in [1.807, 2.05) is 24.3 Å². The number of sulfonamides is 1. The SMILES string of the molecule is CCNC(=O)[C@@H](C)N(Cc1ccc(Br)cc1)C(=O)CCCN(c1cccc(C(F)(F)F)c1)S(C)(=O)=O. The van der Waals surface area contributed by atoms with E-state index in [9.17, 15) is 31.2 Å². The molecule has 0 fully saturated rings. The number of hydrogen-bond donors (Lipinski definition) is 1. The van der Waals surface area contributed by atoms with Crippen LogP contribution >= 0.6 is 15.9 Å². The molecule has 1 atom stereocenters. The zero-order valence-electron chi connectivity index (χ0n) is 20.2. The molecule has 2 aromatic rings. The number of hydrogen-bond acceptors (Lipinski definition) is 4. The van der Waals surface area contributed by atoms with Gasteiger partial charge in [0.15, 0.2) is 0 Å². The Kier molecular flexibility index (Phi) is 10.4. The largest absolute Gasteiger partial charge is 0.416 e. The predicted molar refractivity (Wildman–Crippen MR) is 136 cm³/mol. The monoisotopic (exact) mass is 591 g/mol. The van der Waals surface area contributed by atoms with Crippen LogP contribution in [0.15, 0.2) is 53.0 Å². The number of rotatable bonds is 11. The van der Waals surface area contributed by atoms with Crippen molar-refractivity contribution < 1.29 is 31.2 Å². The molecule has 0 bridgehead atoms. The molecule has 0 aliphatic rings. The maximum Gasteiger partial charge on any atom is 0.416 e. The van der Waals surface area contributed by atoms with E-state index in [1.54, 1.807) is 13.8 Å². The molecule has 198 valence electrons. The summed E-state index contributed by atoms with van der Waals surface area (Å²) in [5.41, 5.74) is -0.312. The van der Waals surface area contributed by atoms with E-state index in [4.69, 9.17) is 0 Å². The second-order valence-electron chi connectivity index (χ2n) is 8.21. The lowest BCUT2D eigenvalue weighted by atomic mass is 10.1. The number of halogens is 4. The number of carbonyl (C=O) groups excluding carboxylic acids is 2. The molecule has 1 N–H and O–H groups in total. The Bertz CT molecular complexity index is 1160. The fraction of sp³-hybridized carbons (Fsp3) is 0.417. The smallest absolute Gasteiger partial charge is 0.355 e. The van der Waals surface area contributed by atoms with Gasteiger partial charge in [0.1, 0.15) is 6.04 Å². The maximum absolute atomic E-state index is 13.1. The van der Waals surface area contributed by atoms with Crippen molar-refractivity contribution in [3.8, 4) is 0 Å². The summed E-state index contributed by atoms with van der Waals surface area (Å²) in [6.45, 7) is 3.72. The van der Waals surface area contributed by atoms with E-state index in [0.717, 1.165) is 38.8 Å². The van der Waals surface area contributed by atoms with Crippen molar-refractivity contribution in [2.75, 3.05) is 23.7 Å². The molecule has 0 unspecified atom stereocenters. The third-order valence-corrected chi connectivity index (χ3v) is 7.12. The van der Waals surface area contributed by atoms with Crippen LogP contribution in [0.5, 0.6) is 0 Å². The molecule has 0 aromatic heterocycles. The summed E-state index contributed by atoms with van der Waals surface area (Å²) in [6.07, 6.45) is -3.80. The molecule has 7 nitrogen and oxygen atoms in total. The molecule has 2 aromatic carbocycles. The van der Waals surface area contributed by atoms with E-state index in [0.29, 0.717) is 6.54 Å². The maximum atomic E-state index is 13.1. The first-order chi connectivity index (χ1) is 16.7. The highest BCUT2D eigenvalue weighted by atomic mass is 79.9. The average molecular weight is 592 g/mol. The van der Waals surface area contributed by atoms with Gasteiger partial charge in [0.25, 0.3) is 0 Å². The van der Waals surface area contributed by atoms with Crippen LogP contribution in [0, 0.1) is 0 Å². The van der Waals surface area contributed by atoms with Crippen molar-refractivity contribution in [1.29, 1.82) is 0 Å². The lowest BCUT2D eigenvalue weighted by molar-refractivity contribution is -0.140. The minimum Gasteiger partial charge on any atom is -0.355 e. The number of alkyl halides is 3. The highest BCUT2D eigenvalue weighted by Crippen LogP contribution is 2.32. The molecule has 36 heavy (non-hydrogen) atoms. The zero-order chi connectivity index (χ0) is 27.1. The van der Waals surface area contributed by atoms with Gasteiger partial charge in [-0.1, -0.05) is 34.1 Å². The molecule has 0 saturated carbocycles. The number of nitrogens with zero attached hydrogens (tertiary/aromatic N) is 2. The molecule has 2 amide bonds. The molecular weight excluding hydrogens is 563 g/mol. The standard InChI is InChI=1S/C24H29BrF3N3O4S/c1-4-29-23(33)17(2)30(16-18-10-12-20(25)13-11-18)22(32)9-6-14-31(36(3,34)35)21-8-5-7-19(15-21)24(26,27)28/h5,7-8,10-13,15,17H,4,6,9,14,16H2,1-3H3,(H,29,33)/t17-/m1/s1. The Balaban J connectivity index is 2.19. The summed E-state index contributed by atoms with van der Waals surface area (Å²) >= 11 is 3.35. The minimum atomic E-state index is -4.63. The molecule has 0 heterocycles. The van der Waals surface area contributed by atoms with Gasteiger partial charge < -0.3 is 10.2 Å². The lowest BCUT2D eigenvalue weighted by Crippen LogP contribution is -2.47. The molecule has 0 aliphatic heterocycles. The second kappa shape index (κ2) is 12.6. The normalized spacial score (nSPS) is 12.6.